The summed E-state index contributed by atoms with van der Waals surface area (Å²) >= 11 is 6.09. The average Bonchev–Trinajstić information content (AvgIpc) is 2.78. The summed E-state index contributed by atoms with van der Waals surface area (Å²) in [6.45, 7) is 2.43. The Balaban J connectivity index is 1.34. The summed E-state index contributed by atoms with van der Waals surface area (Å²) in [4.78, 5) is 6.52. The highest BCUT2D eigenvalue weighted by atomic mass is 35.5. The van der Waals surface area contributed by atoms with Gasteiger partial charge in [0.15, 0.2) is 0 Å². The Kier molecular flexibility index (Phi) is 6.70. The minimum Gasteiger partial charge on any atom is -0.380 e. The maximum Gasteiger partial charge on any atom is 0.0737 e. The monoisotopic (exact) mass is 430 g/mol. The Labute approximate surface area is 188 Å². The van der Waals surface area contributed by atoms with Crippen LogP contribution in [0.3, 0.4) is 0 Å². The molecule has 0 bridgehead atoms. The van der Waals surface area contributed by atoms with Crippen LogP contribution in [0.5, 0.6) is 0 Å². The van der Waals surface area contributed by atoms with Crippen LogP contribution in [0.1, 0.15) is 16.7 Å². The maximum absolute atomic E-state index is 6.09. The summed E-state index contributed by atoms with van der Waals surface area (Å²) in [5.41, 5.74) is 6.98. The van der Waals surface area contributed by atoms with Crippen molar-refractivity contribution in [2.75, 3.05) is 24.3 Å². The fourth-order valence-electron chi connectivity index (χ4n) is 3.59. The molecule has 1 heterocycles. The van der Waals surface area contributed by atoms with Crippen LogP contribution < -0.4 is 15.5 Å². The summed E-state index contributed by atoms with van der Waals surface area (Å²) in [6.07, 6.45) is 1.81. The zero-order valence-corrected chi connectivity index (χ0v) is 18.7. The summed E-state index contributed by atoms with van der Waals surface area (Å²) in [5, 5.41) is 8.86. The fourth-order valence-corrected chi connectivity index (χ4v) is 3.75. The predicted octanol–water partition coefficient (Wildman–Crippen LogP) is 5.86. The lowest BCUT2D eigenvalue weighted by atomic mass is 10.1. The number of benzene rings is 3. The summed E-state index contributed by atoms with van der Waals surface area (Å²) < 4.78 is 0. The molecule has 158 valence electrons. The van der Waals surface area contributed by atoms with Crippen molar-refractivity contribution < 1.29 is 0 Å². The van der Waals surface area contributed by atoms with E-state index in [1.54, 1.807) is 0 Å². The van der Waals surface area contributed by atoms with E-state index in [0.29, 0.717) is 5.02 Å². The molecule has 0 fully saturated rings. The van der Waals surface area contributed by atoms with Gasteiger partial charge in [0.1, 0.15) is 0 Å². The van der Waals surface area contributed by atoms with Crippen LogP contribution in [0.15, 0.2) is 79.0 Å². The molecule has 0 saturated heterocycles. The van der Waals surface area contributed by atoms with Gasteiger partial charge in [-0.25, -0.2) is 0 Å². The smallest absolute Gasteiger partial charge is 0.0737 e. The molecule has 0 radical (unpaired) electrons. The summed E-state index contributed by atoms with van der Waals surface area (Å²) in [7, 11) is 4.11. The van der Waals surface area contributed by atoms with E-state index in [2.05, 4.69) is 83.1 Å². The van der Waals surface area contributed by atoms with Crippen molar-refractivity contribution >= 4 is 33.9 Å². The van der Waals surface area contributed by atoms with Crippen LogP contribution in [0, 0.1) is 0 Å². The molecule has 0 spiro atoms. The molecule has 0 aliphatic heterocycles. The molecule has 31 heavy (non-hydrogen) atoms. The van der Waals surface area contributed by atoms with Crippen LogP contribution >= 0.6 is 11.6 Å². The SMILES string of the molecule is CN(C)c1ccc(CNCc2cccc(CNc3ccnc4cc(Cl)ccc34)c2)cc1. The Bertz CT molecular complexity index is 1160. The number of halogens is 1. The molecule has 2 N–H and O–H groups in total. The fraction of sp³-hybridized carbons (Fsp3) is 0.192. The van der Waals surface area contributed by atoms with E-state index in [4.69, 9.17) is 11.6 Å². The Morgan fingerprint density at radius 3 is 2.32 bits per heavy atom. The highest BCUT2D eigenvalue weighted by Crippen LogP contribution is 2.25. The first kappa shape index (κ1) is 21.2. The van der Waals surface area contributed by atoms with Crippen LogP contribution in [0.25, 0.3) is 10.9 Å². The number of hydrogen-bond acceptors (Lipinski definition) is 4. The first-order valence-electron chi connectivity index (χ1n) is 10.4. The maximum atomic E-state index is 6.09. The van der Waals surface area contributed by atoms with E-state index >= 15 is 0 Å². The topological polar surface area (TPSA) is 40.2 Å². The molecule has 4 nitrogen and oxygen atoms in total. The number of anilines is 2. The van der Waals surface area contributed by atoms with Gasteiger partial charge < -0.3 is 15.5 Å². The number of nitrogens with zero attached hydrogens (tertiary/aromatic N) is 2. The third kappa shape index (κ3) is 5.54. The molecule has 4 rings (SSSR count). The molecule has 0 saturated carbocycles. The van der Waals surface area contributed by atoms with Crippen LogP contribution in [-0.2, 0) is 19.6 Å². The van der Waals surface area contributed by atoms with Gasteiger partial charge in [-0.1, -0.05) is 48.0 Å². The number of nitrogens with one attached hydrogen (secondary N) is 2. The number of pyridine rings is 1. The molecule has 1 aromatic heterocycles. The highest BCUT2D eigenvalue weighted by Gasteiger charge is 2.04. The van der Waals surface area contributed by atoms with E-state index in [1.807, 2.05) is 30.5 Å². The zero-order valence-electron chi connectivity index (χ0n) is 17.9. The average molecular weight is 431 g/mol. The number of hydrogen-bond donors (Lipinski definition) is 2. The largest absolute Gasteiger partial charge is 0.380 e. The number of fused-ring (bicyclic) bond motifs is 1. The first-order chi connectivity index (χ1) is 15.1. The standard InChI is InChI=1S/C26H27ClN4/c1-31(2)23-9-6-19(7-10-23)16-28-17-20-4-3-5-21(14-20)18-30-25-12-13-29-26-15-22(27)8-11-24(25)26/h3-15,28H,16-18H2,1-2H3,(H,29,30). The van der Waals surface area contributed by atoms with Crippen LogP contribution in [0.2, 0.25) is 5.02 Å². The molecular formula is C26H27ClN4. The molecular weight excluding hydrogens is 404 g/mol. The van der Waals surface area contributed by atoms with E-state index in [0.717, 1.165) is 36.2 Å². The van der Waals surface area contributed by atoms with Crippen molar-refractivity contribution in [2.24, 2.45) is 0 Å². The molecule has 3 aromatic carbocycles. The minimum absolute atomic E-state index is 0.700. The third-order valence-corrected chi connectivity index (χ3v) is 5.53. The zero-order chi connectivity index (χ0) is 21.6. The Hall–Kier alpha value is -3.08. The lowest BCUT2D eigenvalue weighted by Crippen LogP contribution is -2.13. The van der Waals surface area contributed by atoms with Gasteiger partial charge in [-0.05, 0) is 53.1 Å². The molecule has 0 aliphatic carbocycles. The van der Waals surface area contributed by atoms with Crippen molar-refractivity contribution in [1.29, 1.82) is 0 Å². The van der Waals surface area contributed by atoms with Crippen molar-refractivity contribution in [3.63, 3.8) is 0 Å². The number of rotatable bonds is 8. The molecule has 0 unspecified atom stereocenters. The van der Waals surface area contributed by atoms with Gasteiger partial charge >= 0.3 is 0 Å². The lowest BCUT2D eigenvalue weighted by Gasteiger charge is -2.13. The summed E-state index contributed by atoms with van der Waals surface area (Å²) in [5.74, 6) is 0. The molecule has 0 aliphatic rings. The van der Waals surface area contributed by atoms with Crippen LogP contribution in [-0.4, -0.2) is 19.1 Å². The second-order valence-corrected chi connectivity index (χ2v) is 8.29. The Morgan fingerprint density at radius 2 is 1.55 bits per heavy atom. The van der Waals surface area contributed by atoms with E-state index < -0.39 is 0 Å². The van der Waals surface area contributed by atoms with Crippen molar-refractivity contribution in [3.8, 4) is 0 Å². The minimum atomic E-state index is 0.700. The summed E-state index contributed by atoms with van der Waals surface area (Å²) in [6, 6.07) is 25.1. The van der Waals surface area contributed by atoms with E-state index in [-0.39, 0.29) is 0 Å². The third-order valence-electron chi connectivity index (χ3n) is 5.29. The highest BCUT2D eigenvalue weighted by molar-refractivity contribution is 6.31. The molecule has 0 amide bonds. The second-order valence-electron chi connectivity index (χ2n) is 7.86. The van der Waals surface area contributed by atoms with Crippen molar-refractivity contribution in [1.82, 2.24) is 10.3 Å². The van der Waals surface area contributed by atoms with Crippen molar-refractivity contribution in [3.05, 3.63) is 101 Å². The first-order valence-corrected chi connectivity index (χ1v) is 10.8. The molecule has 5 heteroatoms. The lowest BCUT2D eigenvalue weighted by molar-refractivity contribution is 0.693. The predicted molar refractivity (Wildman–Crippen MR) is 132 cm³/mol. The molecule has 4 aromatic rings. The normalized spacial score (nSPS) is 10.9. The second kappa shape index (κ2) is 9.82. The van der Waals surface area contributed by atoms with Gasteiger partial charge in [0.25, 0.3) is 0 Å². The van der Waals surface area contributed by atoms with Gasteiger partial charge in [0.05, 0.1) is 5.52 Å². The van der Waals surface area contributed by atoms with E-state index in [9.17, 15) is 0 Å². The van der Waals surface area contributed by atoms with Gasteiger partial charge in [0, 0.05) is 61.7 Å². The van der Waals surface area contributed by atoms with Gasteiger partial charge in [-0.15, -0.1) is 0 Å². The number of aromatic nitrogens is 1. The quantitative estimate of drug-likeness (QED) is 0.367. The van der Waals surface area contributed by atoms with Gasteiger partial charge in [0.2, 0.25) is 0 Å². The van der Waals surface area contributed by atoms with Gasteiger partial charge in [-0.3, -0.25) is 4.98 Å². The van der Waals surface area contributed by atoms with Crippen LogP contribution in [0.4, 0.5) is 11.4 Å². The van der Waals surface area contributed by atoms with Gasteiger partial charge in [-0.2, -0.15) is 0 Å². The Morgan fingerprint density at radius 1 is 0.806 bits per heavy atom. The van der Waals surface area contributed by atoms with E-state index in [1.165, 1.54) is 22.4 Å². The van der Waals surface area contributed by atoms with Crippen molar-refractivity contribution in [2.45, 2.75) is 19.6 Å². The molecule has 0 atom stereocenters.